The Balaban J connectivity index is 1.74. The van der Waals surface area contributed by atoms with Gasteiger partial charge in [-0.2, -0.15) is 0 Å². The third-order valence-corrected chi connectivity index (χ3v) is 11.0. The summed E-state index contributed by atoms with van der Waals surface area (Å²) in [6, 6.07) is 8.37. The summed E-state index contributed by atoms with van der Waals surface area (Å²) in [5, 5.41) is 7.88. The van der Waals surface area contributed by atoms with Crippen molar-refractivity contribution in [3.05, 3.63) is 64.7 Å². The van der Waals surface area contributed by atoms with E-state index in [1.165, 1.54) is 11.3 Å². The van der Waals surface area contributed by atoms with Crippen LogP contribution in [0.25, 0.3) is 62.4 Å². The molecule has 8 aromatic rings. The van der Waals surface area contributed by atoms with E-state index in [1.807, 2.05) is 10.8 Å². The summed E-state index contributed by atoms with van der Waals surface area (Å²) >= 11 is 11.8. The summed E-state index contributed by atoms with van der Waals surface area (Å²) in [6.45, 7) is 0. The maximum Gasteiger partial charge on any atom is 0.273 e. The highest BCUT2D eigenvalue weighted by molar-refractivity contribution is 9.11. The fourth-order valence-corrected chi connectivity index (χ4v) is 9.44. The number of hydrogen-bond acceptors (Lipinski definition) is 5. The first-order valence-electron chi connectivity index (χ1n) is 9.31. The minimum Gasteiger partial charge on any atom is -0.273 e. The van der Waals surface area contributed by atoms with Gasteiger partial charge in [-0.15, -0.1) is 34.0 Å². The molecule has 0 atom stereocenters. The van der Waals surface area contributed by atoms with Crippen molar-refractivity contribution in [2.45, 2.75) is 0 Å². The molecule has 0 spiro atoms. The van der Waals surface area contributed by atoms with Crippen LogP contribution in [-0.2, 0) is 0 Å². The van der Waals surface area contributed by atoms with Crippen molar-refractivity contribution in [3.8, 4) is 0 Å². The van der Waals surface area contributed by atoms with Gasteiger partial charge in [0.25, 0.3) is 11.1 Å². The van der Waals surface area contributed by atoms with E-state index < -0.39 is 0 Å². The van der Waals surface area contributed by atoms with Crippen molar-refractivity contribution in [1.82, 2.24) is 8.80 Å². The first-order valence-corrected chi connectivity index (χ1v) is 13.5. The number of benzene rings is 1. The van der Waals surface area contributed by atoms with Gasteiger partial charge in [0.2, 0.25) is 0 Å². The van der Waals surface area contributed by atoms with Crippen LogP contribution in [0.2, 0.25) is 0 Å². The Bertz CT molecular complexity index is 2020. The van der Waals surface area contributed by atoms with E-state index in [0.717, 1.165) is 62.0 Å². The zero-order chi connectivity index (χ0) is 20.8. The average molecular weight is 586 g/mol. The van der Waals surface area contributed by atoms with Crippen molar-refractivity contribution in [3.63, 3.8) is 0 Å². The highest BCUT2D eigenvalue weighted by atomic mass is 79.9. The Kier molecular flexibility index (Phi) is 3.09. The Labute approximate surface area is 200 Å². The summed E-state index contributed by atoms with van der Waals surface area (Å²) < 4.78 is 8.86. The third-order valence-electron chi connectivity index (χ3n) is 6.17. The standard InChI is InChI=1S/C22H6Br2N2O2S3/c23-9-5-29-13-3-11-7-1-2-8-12-4-14-18(10(24)6-30-14)26(12)22(28)20-16(8)15(7)19(31-20)21(27)25(11)17(9)13/h1-6H. The maximum atomic E-state index is 13.7. The van der Waals surface area contributed by atoms with Gasteiger partial charge in [0.1, 0.15) is 9.40 Å². The lowest BCUT2D eigenvalue weighted by atomic mass is 10.0. The fraction of sp³-hybridized carbons (Fsp3) is 0. The molecule has 1 aromatic carbocycles. The van der Waals surface area contributed by atoms with E-state index in [-0.39, 0.29) is 11.1 Å². The molecule has 0 radical (unpaired) electrons. The van der Waals surface area contributed by atoms with Gasteiger partial charge in [-0.25, -0.2) is 0 Å². The van der Waals surface area contributed by atoms with E-state index in [4.69, 9.17) is 0 Å². The Hall–Kier alpha value is -2.04. The fourth-order valence-electron chi connectivity index (χ4n) is 4.97. The highest BCUT2D eigenvalue weighted by Crippen LogP contribution is 2.44. The predicted octanol–water partition coefficient (Wildman–Crippen LogP) is 7.26. The Morgan fingerprint density at radius 1 is 0.710 bits per heavy atom. The zero-order valence-electron chi connectivity index (χ0n) is 15.2. The average Bonchev–Trinajstić information content (AvgIpc) is 3.53. The molecular formula is C22H6Br2N2O2S3. The van der Waals surface area contributed by atoms with Crippen LogP contribution in [0.3, 0.4) is 0 Å². The summed E-state index contributed by atoms with van der Waals surface area (Å²) in [6.07, 6.45) is 0. The molecule has 7 aromatic heterocycles. The quantitative estimate of drug-likeness (QED) is 0.176. The molecule has 31 heavy (non-hydrogen) atoms. The number of rotatable bonds is 0. The lowest BCUT2D eigenvalue weighted by Crippen LogP contribution is -2.11. The lowest BCUT2D eigenvalue weighted by molar-refractivity contribution is 1.21. The molecule has 0 N–H and O–H groups in total. The number of halogens is 2. The summed E-state index contributed by atoms with van der Waals surface area (Å²) in [5.41, 5.74) is 3.48. The number of fused-ring (bicyclic) bond motifs is 8. The molecule has 0 saturated heterocycles. The van der Waals surface area contributed by atoms with E-state index >= 15 is 0 Å². The third kappa shape index (κ3) is 1.85. The lowest BCUT2D eigenvalue weighted by Gasteiger charge is -2.07. The molecule has 0 saturated carbocycles. The predicted molar refractivity (Wildman–Crippen MR) is 140 cm³/mol. The van der Waals surface area contributed by atoms with E-state index in [2.05, 4.69) is 56.1 Å². The van der Waals surface area contributed by atoms with Gasteiger partial charge >= 0.3 is 0 Å². The first-order chi connectivity index (χ1) is 15.0. The largest absolute Gasteiger partial charge is 0.273 e. The minimum atomic E-state index is -0.0590. The molecule has 0 aliphatic rings. The second kappa shape index (κ2) is 5.47. The summed E-state index contributed by atoms with van der Waals surface area (Å²) in [7, 11) is 0. The van der Waals surface area contributed by atoms with Crippen LogP contribution in [-0.4, -0.2) is 8.80 Å². The minimum absolute atomic E-state index is 0.0590. The molecule has 8 rings (SSSR count). The highest BCUT2D eigenvalue weighted by Gasteiger charge is 2.25. The number of aromatic nitrogens is 2. The Morgan fingerprint density at radius 2 is 1.16 bits per heavy atom. The van der Waals surface area contributed by atoms with Gasteiger partial charge in [-0.1, -0.05) is 12.1 Å². The van der Waals surface area contributed by atoms with Crippen LogP contribution in [0, 0.1) is 0 Å². The molecule has 0 amide bonds. The van der Waals surface area contributed by atoms with Crippen LogP contribution in [0.5, 0.6) is 0 Å². The van der Waals surface area contributed by atoms with Crippen LogP contribution < -0.4 is 11.1 Å². The zero-order valence-corrected chi connectivity index (χ0v) is 20.8. The molecular weight excluding hydrogens is 580 g/mol. The summed E-state index contributed by atoms with van der Waals surface area (Å²) in [5.74, 6) is 0. The molecule has 0 unspecified atom stereocenters. The monoisotopic (exact) mass is 584 g/mol. The molecule has 4 nitrogen and oxygen atoms in total. The molecule has 148 valence electrons. The smallest absolute Gasteiger partial charge is 0.273 e. The molecule has 7 heterocycles. The molecule has 0 fully saturated rings. The second-order valence-corrected chi connectivity index (χ2v) is 12.2. The molecule has 9 heteroatoms. The number of thiophene rings is 3. The molecule has 0 aliphatic heterocycles. The molecule has 0 aliphatic carbocycles. The van der Waals surface area contributed by atoms with Gasteiger partial charge in [0.05, 0.1) is 40.4 Å². The van der Waals surface area contributed by atoms with Crippen LogP contribution >= 0.6 is 65.9 Å². The second-order valence-electron chi connectivity index (χ2n) is 7.60. The maximum absolute atomic E-state index is 13.7. The number of pyridine rings is 2. The number of nitrogens with zero attached hydrogens (tertiary/aromatic N) is 2. The molecule has 0 bridgehead atoms. The topological polar surface area (TPSA) is 43.0 Å². The van der Waals surface area contributed by atoms with E-state index in [1.54, 1.807) is 31.5 Å². The van der Waals surface area contributed by atoms with E-state index in [0.29, 0.717) is 9.40 Å². The van der Waals surface area contributed by atoms with Crippen molar-refractivity contribution in [2.75, 3.05) is 0 Å². The van der Waals surface area contributed by atoms with Gasteiger partial charge in [-0.3, -0.25) is 18.4 Å². The normalized spacial score (nSPS) is 13.1. The summed E-state index contributed by atoms with van der Waals surface area (Å²) in [4.78, 5) is 27.3. The van der Waals surface area contributed by atoms with Gasteiger partial charge < -0.3 is 0 Å². The van der Waals surface area contributed by atoms with Crippen LogP contribution in [0.4, 0.5) is 0 Å². The van der Waals surface area contributed by atoms with Crippen molar-refractivity contribution in [1.29, 1.82) is 0 Å². The van der Waals surface area contributed by atoms with Gasteiger partial charge in [0.15, 0.2) is 0 Å². The Morgan fingerprint density at radius 3 is 1.61 bits per heavy atom. The van der Waals surface area contributed by atoms with Crippen molar-refractivity contribution in [2.24, 2.45) is 0 Å². The SMILES string of the molecule is O=c1c2sc3c(=O)n4c(cc5scc(Br)c54)c4ccc(c2c34)c2cc3scc(Br)c3n12. The van der Waals surface area contributed by atoms with Crippen LogP contribution in [0.15, 0.2) is 53.6 Å². The van der Waals surface area contributed by atoms with E-state index in [9.17, 15) is 9.59 Å². The van der Waals surface area contributed by atoms with Crippen LogP contribution in [0.1, 0.15) is 0 Å². The van der Waals surface area contributed by atoms with Crippen molar-refractivity contribution >= 4 is 128 Å². The van der Waals surface area contributed by atoms with Gasteiger partial charge in [0, 0.05) is 32.3 Å². The van der Waals surface area contributed by atoms with Crippen molar-refractivity contribution < 1.29 is 0 Å². The number of hydrogen-bond donors (Lipinski definition) is 0. The van der Waals surface area contributed by atoms with Gasteiger partial charge in [-0.05, 0) is 44.0 Å². The first kappa shape index (κ1) is 17.5.